The number of hydrogen-bond acceptors (Lipinski definition) is 1. The number of hydrogen-bond donors (Lipinski definition) is 0. The molecule has 1 aromatic rings. The minimum Gasteiger partial charge on any atom is -0.377 e. The molecule has 0 aliphatic carbocycles. The highest BCUT2D eigenvalue weighted by atomic mass is 79.9. The van der Waals surface area contributed by atoms with E-state index in [0.29, 0.717) is 10.9 Å². The van der Waals surface area contributed by atoms with Gasteiger partial charge < -0.3 is 4.74 Å². The highest BCUT2D eigenvalue weighted by Crippen LogP contribution is 2.33. The molecule has 2 atom stereocenters. The maximum atomic E-state index is 5.77. The van der Waals surface area contributed by atoms with Gasteiger partial charge in [-0.05, 0) is 37.0 Å². The lowest BCUT2D eigenvalue weighted by Gasteiger charge is -2.27. The first kappa shape index (κ1) is 11.6. The van der Waals surface area contributed by atoms with Gasteiger partial charge in [-0.25, -0.2) is 0 Å². The van der Waals surface area contributed by atoms with E-state index >= 15 is 0 Å². The van der Waals surface area contributed by atoms with E-state index in [0.717, 1.165) is 17.5 Å². The number of rotatable bonds is 2. The molecule has 0 amide bonds. The highest BCUT2D eigenvalue weighted by Gasteiger charge is 2.23. The Balaban J connectivity index is 2.05. The Morgan fingerprint density at radius 1 is 1.20 bits per heavy atom. The van der Waals surface area contributed by atoms with Gasteiger partial charge >= 0.3 is 0 Å². The third-order valence-electron chi connectivity index (χ3n) is 2.73. The zero-order chi connectivity index (χ0) is 10.7. The normalized spacial score (nSPS) is 23.7. The van der Waals surface area contributed by atoms with E-state index in [4.69, 9.17) is 4.74 Å². The maximum absolute atomic E-state index is 5.77. The van der Waals surface area contributed by atoms with Gasteiger partial charge in [0.15, 0.2) is 0 Å². The number of halogens is 2. The summed E-state index contributed by atoms with van der Waals surface area (Å²) in [6.07, 6.45) is 3.98. The van der Waals surface area contributed by atoms with Crippen LogP contribution in [0.2, 0.25) is 0 Å². The average Bonchev–Trinajstić information content (AvgIpc) is 2.30. The van der Waals surface area contributed by atoms with Crippen molar-refractivity contribution in [2.24, 2.45) is 0 Å². The molecule has 1 saturated heterocycles. The van der Waals surface area contributed by atoms with Gasteiger partial charge in [-0.2, -0.15) is 0 Å². The molecule has 0 N–H and O–H groups in total. The summed E-state index contributed by atoms with van der Waals surface area (Å²) in [4.78, 5) is 0.325. The van der Waals surface area contributed by atoms with E-state index < -0.39 is 0 Å². The Hall–Kier alpha value is 0.140. The second-order valence-corrected chi connectivity index (χ2v) is 5.76. The Bertz CT molecular complexity index is 304. The zero-order valence-electron chi connectivity index (χ0n) is 8.46. The molecule has 1 aliphatic rings. The van der Waals surface area contributed by atoms with Gasteiger partial charge in [0.05, 0.1) is 10.9 Å². The second-order valence-electron chi connectivity index (χ2n) is 3.86. The molecule has 0 saturated carbocycles. The molecular weight excluding hydrogens is 320 g/mol. The topological polar surface area (TPSA) is 9.23 Å². The van der Waals surface area contributed by atoms with Gasteiger partial charge in [0.2, 0.25) is 0 Å². The van der Waals surface area contributed by atoms with Crippen molar-refractivity contribution in [1.82, 2.24) is 0 Å². The van der Waals surface area contributed by atoms with Crippen molar-refractivity contribution in [2.75, 3.05) is 6.61 Å². The lowest BCUT2D eigenvalue weighted by atomic mass is 10.0. The summed E-state index contributed by atoms with van der Waals surface area (Å²) in [5.41, 5.74) is 1.30. The van der Waals surface area contributed by atoms with Gasteiger partial charge in [0, 0.05) is 11.1 Å². The molecule has 3 heteroatoms. The van der Waals surface area contributed by atoms with Gasteiger partial charge in [0.25, 0.3) is 0 Å². The van der Waals surface area contributed by atoms with Crippen molar-refractivity contribution in [3.63, 3.8) is 0 Å². The highest BCUT2D eigenvalue weighted by molar-refractivity contribution is 9.10. The van der Waals surface area contributed by atoms with E-state index in [-0.39, 0.29) is 0 Å². The summed E-state index contributed by atoms with van der Waals surface area (Å²) < 4.78 is 6.89. The average molecular weight is 334 g/mol. The molecule has 0 bridgehead atoms. The smallest absolute Gasteiger partial charge is 0.0740 e. The van der Waals surface area contributed by atoms with E-state index in [9.17, 15) is 0 Å². The standard InChI is InChI=1S/C12H14Br2O/c13-10-6-4-9(5-7-10)12(14)11-3-1-2-8-15-11/h4-7,11-12H,1-3,8H2. The monoisotopic (exact) mass is 332 g/mol. The fraction of sp³-hybridized carbons (Fsp3) is 0.500. The molecule has 0 aromatic heterocycles. The van der Waals surface area contributed by atoms with Crippen molar-refractivity contribution in [1.29, 1.82) is 0 Å². The Kier molecular flexibility index (Phi) is 4.23. The van der Waals surface area contributed by atoms with Crippen LogP contribution in [0.5, 0.6) is 0 Å². The molecule has 0 spiro atoms. The van der Waals surface area contributed by atoms with Gasteiger partial charge in [-0.1, -0.05) is 44.0 Å². The van der Waals surface area contributed by atoms with Crippen molar-refractivity contribution in [3.05, 3.63) is 34.3 Å². The summed E-state index contributed by atoms with van der Waals surface area (Å²) in [6.45, 7) is 0.906. The van der Waals surface area contributed by atoms with Gasteiger partial charge in [-0.15, -0.1) is 0 Å². The predicted octanol–water partition coefficient (Wildman–Crippen LogP) is 4.45. The summed E-state index contributed by atoms with van der Waals surface area (Å²) in [7, 11) is 0. The lowest BCUT2D eigenvalue weighted by molar-refractivity contribution is 0.0160. The second kappa shape index (κ2) is 5.46. The van der Waals surface area contributed by atoms with E-state index in [1.54, 1.807) is 0 Å². The van der Waals surface area contributed by atoms with E-state index in [1.165, 1.54) is 18.4 Å². The van der Waals surface area contributed by atoms with Crippen LogP contribution in [0.4, 0.5) is 0 Å². The number of ether oxygens (including phenoxy) is 1. The summed E-state index contributed by atoms with van der Waals surface area (Å²) >= 11 is 7.18. The zero-order valence-corrected chi connectivity index (χ0v) is 11.6. The van der Waals surface area contributed by atoms with Crippen LogP contribution in [0, 0.1) is 0 Å². The van der Waals surface area contributed by atoms with Crippen LogP contribution < -0.4 is 0 Å². The molecule has 1 heterocycles. The fourth-order valence-electron chi connectivity index (χ4n) is 1.86. The maximum Gasteiger partial charge on any atom is 0.0740 e. The molecule has 2 unspecified atom stereocenters. The quantitative estimate of drug-likeness (QED) is 0.726. The minimum atomic E-state index is 0.325. The Labute approximate surface area is 107 Å². The van der Waals surface area contributed by atoms with E-state index in [1.807, 2.05) is 0 Å². The van der Waals surface area contributed by atoms with E-state index in [2.05, 4.69) is 56.1 Å². The third kappa shape index (κ3) is 3.05. The fourth-order valence-corrected chi connectivity index (χ4v) is 2.84. The molecule has 82 valence electrons. The SMILES string of the molecule is Brc1ccc(C(Br)C2CCCCO2)cc1. The summed E-state index contributed by atoms with van der Waals surface area (Å²) in [6, 6.07) is 8.43. The molecule has 1 aromatic carbocycles. The molecule has 15 heavy (non-hydrogen) atoms. The van der Waals surface area contributed by atoms with Crippen LogP contribution in [-0.4, -0.2) is 12.7 Å². The largest absolute Gasteiger partial charge is 0.377 e. The van der Waals surface area contributed by atoms with Gasteiger partial charge in [-0.3, -0.25) is 0 Å². The van der Waals surface area contributed by atoms with Crippen LogP contribution >= 0.6 is 31.9 Å². The van der Waals surface area contributed by atoms with Crippen LogP contribution in [0.15, 0.2) is 28.7 Å². The first-order valence-electron chi connectivity index (χ1n) is 5.28. The van der Waals surface area contributed by atoms with Crippen LogP contribution in [0.3, 0.4) is 0 Å². The number of benzene rings is 1. The predicted molar refractivity (Wildman–Crippen MR) is 69.4 cm³/mol. The van der Waals surface area contributed by atoms with Crippen molar-refractivity contribution in [3.8, 4) is 0 Å². The molecular formula is C12H14Br2O. The van der Waals surface area contributed by atoms with Crippen molar-refractivity contribution < 1.29 is 4.74 Å². The first-order chi connectivity index (χ1) is 7.27. The third-order valence-corrected chi connectivity index (χ3v) is 4.38. The Morgan fingerprint density at radius 2 is 1.93 bits per heavy atom. The molecule has 1 fully saturated rings. The summed E-state index contributed by atoms with van der Waals surface area (Å²) in [5, 5.41) is 0. The molecule has 0 radical (unpaired) electrons. The Morgan fingerprint density at radius 3 is 2.53 bits per heavy atom. The summed E-state index contributed by atoms with van der Waals surface area (Å²) in [5.74, 6) is 0. The molecule has 1 aliphatic heterocycles. The van der Waals surface area contributed by atoms with Gasteiger partial charge in [0.1, 0.15) is 0 Å². The first-order valence-corrected chi connectivity index (χ1v) is 6.99. The van der Waals surface area contributed by atoms with Crippen LogP contribution in [0.1, 0.15) is 29.7 Å². The minimum absolute atomic E-state index is 0.325. The molecule has 1 nitrogen and oxygen atoms in total. The molecule has 2 rings (SSSR count). The van der Waals surface area contributed by atoms with Crippen LogP contribution in [-0.2, 0) is 4.74 Å². The van der Waals surface area contributed by atoms with Crippen LogP contribution in [0.25, 0.3) is 0 Å². The van der Waals surface area contributed by atoms with Crippen molar-refractivity contribution in [2.45, 2.75) is 30.2 Å². The number of alkyl halides is 1. The van der Waals surface area contributed by atoms with Crippen molar-refractivity contribution >= 4 is 31.9 Å². The lowest BCUT2D eigenvalue weighted by Crippen LogP contribution is -2.23.